The summed E-state index contributed by atoms with van der Waals surface area (Å²) in [7, 11) is 0. The van der Waals surface area contributed by atoms with Crippen molar-refractivity contribution < 1.29 is 24.2 Å². The first-order valence-corrected chi connectivity index (χ1v) is 9.03. The number of para-hydroxylation sites is 1. The molecule has 1 aromatic carbocycles. The van der Waals surface area contributed by atoms with Gasteiger partial charge in [0.2, 0.25) is 5.91 Å². The second-order valence-electron chi connectivity index (χ2n) is 7.96. The largest absolute Gasteiger partial charge is 0.481 e. The fourth-order valence-electron chi connectivity index (χ4n) is 2.35. The number of ether oxygens (including phenoxy) is 1. The minimum atomic E-state index is -1.17. The van der Waals surface area contributed by atoms with Gasteiger partial charge in [-0.2, -0.15) is 0 Å². The Labute approximate surface area is 160 Å². The number of benzene rings is 1. The lowest BCUT2D eigenvalue weighted by Crippen LogP contribution is -2.53. The van der Waals surface area contributed by atoms with Crippen molar-refractivity contribution in [2.45, 2.75) is 71.4 Å². The molecule has 0 saturated heterocycles. The third kappa shape index (κ3) is 8.57. The van der Waals surface area contributed by atoms with E-state index in [1.54, 1.807) is 40.7 Å². The van der Waals surface area contributed by atoms with E-state index in [4.69, 9.17) is 9.84 Å². The number of unbranched alkanes of at least 4 members (excludes halogenated alkanes) is 1. The summed E-state index contributed by atoms with van der Waals surface area (Å²) in [5.41, 5.74) is -0.251. The Hall–Kier alpha value is -2.57. The molecular formula is C20H30N2O5. The van der Waals surface area contributed by atoms with Gasteiger partial charge in [-0.3, -0.25) is 9.59 Å². The maximum Gasteiger partial charge on any atom is 0.408 e. The summed E-state index contributed by atoms with van der Waals surface area (Å²) >= 11 is 0. The Morgan fingerprint density at radius 1 is 1.04 bits per heavy atom. The van der Waals surface area contributed by atoms with Gasteiger partial charge >= 0.3 is 12.1 Å². The molecule has 0 spiro atoms. The van der Waals surface area contributed by atoms with Crippen LogP contribution in [0.5, 0.6) is 0 Å². The summed E-state index contributed by atoms with van der Waals surface area (Å²) in [6.07, 6.45) is 1.40. The first-order valence-electron chi connectivity index (χ1n) is 9.03. The molecule has 3 N–H and O–H groups in total. The number of alkyl carbamates (subject to hydrolysis) is 1. The van der Waals surface area contributed by atoms with Crippen LogP contribution in [0.2, 0.25) is 0 Å². The van der Waals surface area contributed by atoms with Crippen LogP contribution in [0, 0.1) is 0 Å². The van der Waals surface area contributed by atoms with Crippen LogP contribution in [0.25, 0.3) is 0 Å². The highest BCUT2D eigenvalue weighted by Crippen LogP contribution is 2.20. The molecule has 7 nitrogen and oxygen atoms in total. The van der Waals surface area contributed by atoms with Gasteiger partial charge in [-0.25, -0.2) is 4.79 Å². The molecule has 0 fully saturated rings. The van der Waals surface area contributed by atoms with Gasteiger partial charge in [0.15, 0.2) is 0 Å². The number of carbonyl (C=O) groups is 3. The second-order valence-corrected chi connectivity index (χ2v) is 7.96. The molecule has 0 unspecified atom stereocenters. The number of aryl methyl sites for hydroxylation is 1. The van der Waals surface area contributed by atoms with E-state index >= 15 is 0 Å². The van der Waals surface area contributed by atoms with Crippen molar-refractivity contribution >= 4 is 23.7 Å². The zero-order chi connectivity index (χ0) is 20.7. The lowest BCUT2D eigenvalue weighted by Gasteiger charge is -2.28. The van der Waals surface area contributed by atoms with E-state index in [2.05, 4.69) is 10.6 Å². The first kappa shape index (κ1) is 22.5. The molecule has 0 aliphatic heterocycles. The van der Waals surface area contributed by atoms with E-state index in [9.17, 15) is 14.4 Å². The predicted molar refractivity (Wildman–Crippen MR) is 104 cm³/mol. The number of anilines is 1. The van der Waals surface area contributed by atoms with Crippen molar-refractivity contribution in [3.8, 4) is 0 Å². The van der Waals surface area contributed by atoms with Crippen molar-refractivity contribution in [3.63, 3.8) is 0 Å². The number of nitrogens with one attached hydrogen (secondary N) is 2. The quantitative estimate of drug-likeness (QED) is 0.598. The van der Waals surface area contributed by atoms with E-state index in [1.165, 1.54) is 0 Å². The van der Waals surface area contributed by atoms with Gasteiger partial charge in [0.25, 0.3) is 0 Å². The molecule has 0 aliphatic rings. The van der Waals surface area contributed by atoms with E-state index in [0.29, 0.717) is 24.9 Å². The van der Waals surface area contributed by atoms with Crippen LogP contribution in [0.15, 0.2) is 24.3 Å². The molecule has 0 atom stereocenters. The third-order valence-corrected chi connectivity index (χ3v) is 3.73. The number of carboxylic acid groups (broad SMARTS) is 1. The number of hydrogen-bond acceptors (Lipinski definition) is 4. The molecule has 150 valence electrons. The number of carboxylic acids is 1. The molecule has 1 aromatic rings. The number of rotatable bonds is 8. The van der Waals surface area contributed by atoms with Gasteiger partial charge in [-0.1, -0.05) is 18.2 Å². The lowest BCUT2D eigenvalue weighted by atomic mass is 10.0. The molecule has 0 aromatic heterocycles. The van der Waals surface area contributed by atoms with Crippen LogP contribution in [-0.2, 0) is 20.7 Å². The van der Waals surface area contributed by atoms with Crippen molar-refractivity contribution in [2.75, 3.05) is 5.32 Å². The van der Waals surface area contributed by atoms with E-state index in [0.717, 1.165) is 5.56 Å². The highest BCUT2D eigenvalue weighted by atomic mass is 16.6. The van der Waals surface area contributed by atoms with Crippen molar-refractivity contribution in [1.82, 2.24) is 5.32 Å². The minimum absolute atomic E-state index is 0.126. The highest BCUT2D eigenvalue weighted by molar-refractivity contribution is 5.99. The zero-order valence-corrected chi connectivity index (χ0v) is 16.7. The number of aliphatic carboxylic acids is 1. The van der Waals surface area contributed by atoms with E-state index in [-0.39, 0.29) is 12.3 Å². The summed E-state index contributed by atoms with van der Waals surface area (Å²) in [5.74, 6) is -1.18. The van der Waals surface area contributed by atoms with Crippen LogP contribution < -0.4 is 10.6 Å². The molecule has 0 saturated carbocycles. The van der Waals surface area contributed by atoms with Gasteiger partial charge in [-0.05, 0) is 65.5 Å². The fraction of sp³-hybridized carbons (Fsp3) is 0.550. The minimum Gasteiger partial charge on any atom is -0.481 e. The maximum absolute atomic E-state index is 12.6. The fourth-order valence-corrected chi connectivity index (χ4v) is 2.35. The third-order valence-electron chi connectivity index (χ3n) is 3.73. The summed E-state index contributed by atoms with van der Waals surface area (Å²) in [6.45, 7) is 8.45. The zero-order valence-electron chi connectivity index (χ0n) is 16.7. The van der Waals surface area contributed by atoms with Crippen LogP contribution in [0.3, 0.4) is 0 Å². The normalized spacial score (nSPS) is 11.6. The standard InChI is InChI=1S/C20H30N2O5/c1-19(2,3)27-18(26)22-20(4,5)17(25)21-15-12-8-6-10-14(15)11-7-9-13-16(23)24/h6,8,10,12H,7,9,11,13H2,1-5H3,(H,21,25)(H,22,26)(H,23,24). The molecule has 1 rings (SSSR count). The highest BCUT2D eigenvalue weighted by Gasteiger charge is 2.32. The van der Waals surface area contributed by atoms with Gasteiger partial charge < -0.3 is 20.5 Å². The van der Waals surface area contributed by atoms with Crippen LogP contribution >= 0.6 is 0 Å². The summed E-state index contributed by atoms with van der Waals surface area (Å²) in [6, 6.07) is 7.36. The molecule has 0 heterocycles. The predicted octanol–water partition coefficient (Wildman–Crippen LogP) is 3.73. The molecule has 7 heteroatoms. The first-order chi connectivity index (χ1) is 12.4. The summed E-state index contributed by atoms with van der Waals surface area (Å²) in [4.78, 5) is 35.2. The molecule has 27 heavy (non-hydrogen) atoms. The number of carbonyl (C=O) groups excluding carboxylic acids is 2. The second kappa shape index (κ2) is 9.39. The van der Waals surface area contributed by atoms with E-state index in [1.807, 2.05) is 18.2 Å². The van der Waals surface area contributed by atoms with Gasteiger partial charge in [-0.15, -0.1) is 0 Å². The topological polar surface area (TPSA) is 105 Å². The Morgan fingerprint density at radius 3 is 2.26 bits per heavy atom. The Balaban J connectivity index is 2.72. The van der Waals surface area contributed by atoms with Crippen molar-refractivity contribution in [1.29, 1.82) is 0 Å². The molecular weight excluding hydrogens is 348 g/mol. The van der Waals surface area contributed by atoms with Crippen molar-refractivity contribution in [3.05, 3.63) is 29.8 Å². The van der Waals surface area contributed by atoms with Gasteiger partial charge in [0.1, 0.15) is 11.1 Å². The average molecular weight is 378 g/mol. The molecule has 0 radical (unpaired) electrons. The van der Waals surface area contributed by atoms with Crippen LogP contribution in [0.4, 0.5) is 10.5 Å². The molecule has 0 aliphatic carbocycles. The number of amides is 2. The Bertz CT molecular complexity index is 677. The molecule has 2 amide bonds. The maximum atomic E-state index is 12.6. The monoisotopic (exact) mass is 378 g/mol. The number of hydrogen-bond donors (Lipinski definition) is 3. The van der Waals surface area contributed by atoms with Crippen molar-refractivity contribution in [2.24, 2.45) is 0 Å². The van der Waals surface area contributed by atoms with Gasteiger partial charge in [0.05, 0.1) is 0 Å². The Morgan fingerprint density at radius 2 is 1.67 bits per heavy atom. The lowest BCUT2D eigenvalue weighted by molar-refractivity contribution is -0.137. The van der Waals surface area contributed by atoms with Crippen LogP contribution in [0.1, 0.15) is 59.4 Å². The SMILES string of the molecule is CC(C)(C)OC(=O)NC(C)(C)C(=O)Nc1ccccc1CCCCC(=O)O. The smallest absolute Gasteiger partial charge is 0.408 e. The molecule has 0 bridgehead atoms. The summed E-state index contributed by atoms with van der Waals surface area (Å²) < 4.78 is 5.20. The van der Waals surface area contributed by atoms with Gasteiger partial charge in [0, 0.05) is 12.1 Å². The van der Waals surface area contributed by atoms with E-state index < -0.39 is 23.2 Å². The van der Waals surface area contributed by atoms with Crippen LogP contribution in [-0.4, -0.2) is 34.2 Å². The Kier molecular flexibility index (Phi) is 7.82. The average Bonchev–Trinajstić information content (AvgIpc) is 2.50. The summed E-state index contributed by atoms with van der Waals surface area (Å²) in [5, 5.41) is 14.1.